The third kappa shape index (κ3) is 1.73. The fourth-order valence-corrected chi connectivity index (χ4v) is 2.72. The van der Waals surface area contributed by atoms with Crippen molar-refractivity contribution in [2.75, 3.05) is 0 Å². The van der Waals surface area contributed by atoms with Crippen molar-refractivity contribution in [1.82, 2.24) is 14.4 Å². The van der Waals surface area contributed by atoms with Crippen LogP contribution in [0.1, 0.15) is 54.3 Å². The van der Waals surface area contributed by atoms with E-state index in [2.05, 4.69) is 9.97 Å². The zero-order chi connectivity index (χ0) is 11.7. The lowest BCUT2D eigenvalue weighted by Gasteiger charge is -2.20. The van der Waals surface area contributed by atoms with Gasteiger partial charge in [-0.3, -0.25) is 14.2 Å². The van der Waals surface area contributed by atoms with Crippen LogP contribution in [0.25, 0.3) is 5.52 Å². The van der Waals surface area contributed by atoms with Gasteiger partial charge in [0, 0.05) is 18.3 Å². The third-order valence-corrected chi connectivity index (χ3v) is 3.58. The highest BCUT2D eigenvalue weighted by Gasteiger charge is 2.21. The molecule has 0 atom stereocenters. The summed E-state index contributed by atoms with van der Waals surface area (Å²) in [6.45, 7) is 0. The largest absolute Gasteiger partial charge is 0.300 e. The van der Waals surface area contributed by atoms with Gasteiger partial charge in [0.2, 0.25) is 0 Å². The maximum atomic E-state index is 11.0. The number of rotatable bonds is 2. The van der Waals surface area contributed by atoms with Gasteiger partial charge >= 0.3 is 0 Å². The van der Waals surface area contributed by atoms with Gasteiger partial charge in [-0.05, 0) is 12.8 Å². The molecule has 0 spiro atoms. The second-order valence-corrected chi connectivity index (χ2v) is 4.64. The van der Waals surface area contributed by atoms with Crippen molar-refractivity contribution in [1.29, 1.82) is 0 Å². The second kappa shape index (κ2) is 4.28. The van der Waals surface area contributed by atoms with Crippen LogP contribution in [0.15, 0.2) is 18.6 Å². The van der Waals surface area contributed by atoms with Crippen LogP contribution in [0, 0.1) is 0 Å². The molecule has 1 aliphatic carbocycles. The van der Waals surface area contributed by atoms with Crippen molar-refractivity contribution in [3.8, 4) is 0 Å². The zero-order valence-corrected chi connectivity index (χ0v) is 9.67. The van der Waals surface area contributed by atoms with E-state index in [1.54, 1.807) is 12.4 Å². The summed E-state index contributed by atoms with van der Waals surface area (Å²) in [5.41, 5.74) is 1.33. The minimum atomic E-state index is 0.493. The van der Waals surface area contributed by atoms with E-state index in [9.17, 15) is 4.79 Å². The Morgan fingerprint density at radius 1 is 1.29 bits per heavy atom. The molecule has 0 bridgehead atoms. The Morgan fingerprint density at radius 3 is 2.88 bits per heavy atom. The molecular formula is C13H15N3O. The van der Waals surface area contributed by atoms with Crippen LogP contribution in [0.3, 0.4) is 0 Å². The Balaban J connectivity index is 2.11. The summed E-state index contributed by atoms with van der Waals surface area (Å²) in [4.78, 5) is 19.6. The number of imidazole rings is 1. The highest BCUT2D eigenvalue weighted by Crippen LogP contribution is 2.32. The molecule has 3 rings (SSSR count). The number of aldehydes is 1. The number of hydrogen-bond acceptors (Lipinski definition) is 3. The molecule has 1 saturated carbocycles. The number of nitrogens with zero attached hydrogens (tertiary/aromatic N) is 3. The molecule has 1 fully saturated rings. The molecule has 17 heavy (non-hydrogen) atoms. The molecule has 2 heterocycles. The van der Waals surface area contributed by atoms with Crippen molar-refractivity contribution >= 4 is 11.8 Å². The van der Waals surface area contributed by atoms with Crippen molar-refractivity contribution in [2.45, 2.75) is 38.0 Å². The maximum Gasteiger partial charge on any atom is 0.170 e. The fourth-order valence-electron chi connectivity index (χ4n) is 2.72. The van der Waals surface area contributed by atoms with Crippen molar-refractivity contribution in [2.24, 2.45) is 0 Å². The Bertz CT molecular complexity index is 541. The van der Waals surface area contributed by atoms with E-state index >= 15 is 0 Å². The van der Waals surface area contributed by atoms with E-state index in [-0.39, 0.29) is 0 Å². The molecule has 0 N–H and O–H groups in total. The van der Waals surface area contributed by atoms with Crippen LogP contribution < -0.4 is 0 Å². The lowest BCUT2D eigenvalue weighted by Crippen LogP contribution is -2.08. The lowest BCUT2D eigenvalue weighted by atomic mass is 9.89. The van der Waals surface area contributed by atoms with Crippen LogP contribution in [0.4, 0.5) is 0 Å². The van der Waals surface area contributed by atoms with Gasteiger partial charge in [-0.25, -0.2) is 4.98 Å². The van der Waals surface area contributed by atoms with Gasteiger partial charge in [-0.2, -0.15) is 0 Å². The standard InChI is InChI=1S/C13H15N3O/c17-9-11-12-8-14-6-7-16(12)13(15-11)10-4-2-1-3-5-10/h6-10H,1-5H2. The maximum absolute atomic E-state index is 11.0. The third-order valence-electron chi connectivity index (χ3n) is 3.58. The molecule has 2 aromatic heterocycles. The van der Waals surface area contributed by atoms with Gasteiger partial charge < -0.3 is 0 Å². The van der Waals surface area contributed by atoms with Crippen LogP contribution in [-0.4, -0.2) is 20.7 Å². The summed E-state index contributed by atoms with van der Waals surface area (Å²) in [5, 5.41) is 0. The summed E-state index contributed by atoms with van der Waals surface area (Å²) < 4.78 is 2.02. The SMILES string of the molecule is O=Cc1nc(C2CCCCC2)n2ccncc12. The average molecular weight is 229 g/mol. The van der Waals surface area contributed by atoms with Gasteiger partial charge in [0.25, 0.3) is 0 Å². The van der Waals surface area contributed by atoms with E-state index in [4.69, 9.17) is 0 Å². The molecule has 0 amide bonds. The normalized spacial score (nSPS) is 17.4. The highest BCUT2D eigenvalue weighted by atomic mass is 16.1. The van der Waals surface area contributed by atoms with Crippen molar-refractivity contribution in [3.05, 3.63) is 30.1 Å². The molecule has 88 valence electrons. The Labute approximate surface area is 99.7 Å². The Morgan fingerprint density at radius 2 is 2.12 bits per heavy atom. The monoisotopic (exact) mass is 229 g/mol. The van der Waals surface area contributed by atoms with E-state index in [1.807, 2.05) is 10.6 Å². The summed E-state index contributed by atoms with van der Waals surface area (Å²) in [5.74, 6) is 1.52. The first-order valence-corrected chi connectivity index (χ1v) is 6.17. The molecular weight excluding hydrogens is 214 g/mol. The zero-order valence-electron chi connectivity index (χ0n) is 9.67. The highest BCUT2D eigenvalue weighted by molar-refractivity contribution is 5.83. The lowest BCUT2D eigenvalue weighted by molar-refractivity contribution is 0.112. The predicted molar refractivity (Wildman–Crippen MR) is 64.2 cm³/mol. The van der Waals surface area contributed by atoms with Gasteiger partial charge in [0.05, 0.1) is 11.7 Å². The van der Waals surface area contributed by atoms with Gasteiger partial charge in [-0.1, -0.05) is 19.3 Å². The molecule has 0 unspecified atom stereocenters. The van der Waals surface area contributed by atoms with Crippen LogP contribution >= 0.6 is 0 Å². The second-order valence-electron chi connectivity index (χ2n) is 4.64. The molecule has 4 heteroatoms. The number of fused-ring (bicyclic) bond motifs is 1. The minimum absolute atomic E-state index is 0.493. The van der Waals surface area contributed by atoms with E-state index in [1.165, 1.54) is 32.1 Å². The smallest absolute Gasteiger partial charge is 0.170 e. The summed E-state index contributed by atoms with van der Waals surface area (Å²) >= 11 is 0. The topological polar surface area (TPSA) is 47.3 Å². The summed E-state index contributed by atoms with van der Waals surface area (Å²) in [6.07, 6.45) is 12.4. The molecule has 0 saturated heterocycles. The first kappa shape index (κ1) is 10.4. The molecule has 0 aliphatic heterocycles. The molecule has 0 aromatic carbocycles. The summed E-state index contributed by atoms with van der Waals surface area (Å²) in [7, 11) is 0. The number of carbonyl (C=O) groups is 1. The first-order chi connectivity index (χ1) is 8.40. The van der Waals surface area contributed by atoms with Crippen molar-refractivity contribution < 1.29 is 4.79 Å². The average Bonchev–Trinajstić information content (AvgIpc) is 2.78. The molecule has 0 radical (unpaired) electrons. The Kier molecular flexibility index (Phi) is 2.63. The molecule has 4 nitrogen and oxygen atoms in total. The predicted octanol–water partition coefficient (Wildman–Crippen LogP) is 2.59. The van der Waals surface area contributed by atoms with Gasteiger partial charge in [-0.15, -0.1) is 0 Å². The van der Waals surface area contributed by atoms with E-state index in [0.29, 0.717) is 11.6 Å². The minimum Gasteiger partial charge on any atom is -0.300 e. The molecule has 2 aromatic rings. The Hall–Kier alpha value is -1.71. The van der Waals surface area contributed by atoms with Gasteiger partial charge in [0.15, 0.2) is 6.29 Å². The van der Waals surface area contributed by atoms with E-state index in [0.717, 1.165) is 17.6 Å². The van der Waals surface area contributed by atoms with Crippen LogP contribution in [0.2, 0.25) is 0 Å². The summed E-state index contributed by atoms with van der Waals surface area (Å²) in [6, 6.07) is 0. The molecule has 1 aliphatic rings. The van der Waals surface area contributed by atoms with E-state index < -0.39 is 0 Å². The van der Waals surface area contributed by atoms with Crippen LogP contribution in [-0.2, 0) is 0 Å². The first-order valence-electron chi connectivity index (χ1n) is 6.17. The van der Waals surface area contributed by atoms with Crippen molar-refractivity contribution in [3.63, 3.8) is 0 Å². The van der Waals surface area contributed by atoms with Gasteiger partial charge in [0.1, 0.15) is 11.5 Å². The fraction of sp³-hybridized carbons (Fsp3) is 0.462. The van der Waals surface area contributed by atoms with Crippen LogP contribution in [0.5, 0.6) is 0 Å². The number of hydrogen-bond donors (Lipinski definition) is 0. The quantitative estimate of drug-likeness (QED) is 0.743. The number of carbonyl (C=O) groups excluding carboxylic acids is 1. The number of aromatic nitrogens is 3.